The van der Waals surface area contributed by atoms with Gasteiger partial charge in [-0.2, -0.15) is 0 Å². The molecule has 0 aliphatic carbocycles. The van der Waals surface area contributed by atoms with Gasteiger partial charge in [0.15, 0.2) is 0 Å². The van der Waals surface area contributed by atoms with Crippen LogP contribution in [0.4, 0.5) is 0 Å². The fraction of sp³-hybridized carbons (Fsp3) is 0.923. The van der Waals surface area contributed by atoms with E-state index >= 15 is 0 Å². The van der Waals surface area contributed by atoms with Gasteiger partial charge < -0.3 is 15.7 Å². The quantitative estimate of drug-likeness (QED) is 0.776. The molecular formula is C13H26N2O2. The number of likely N-dealkylation sites (tertiary alicyclic amines) is 1. The fourth-order valence-corrected chi connectivity index (χ4v) is 2.43. The molecule has 17 heavy (non-hydrogen) atoms. The molecule has 2 atom stereocenters. The van der Waals surface area contributed by atoms with Gasteiger partial charge in [0.2, 0.25) is 5.91 Å². The summed E-state index contributed by atoms with van der Waals surface area (Å²) in [4.78, 5) is 14.1. The average molecular weight is 242 g/mol. The van der Waals surface area contributed by atoms with Crippen LogP contribution in [0.25, 0.3) is 0 Å². The molecule has 1 saturated heterocycles. The number of nitrogens with two attached hydrogens (primary N) is 1. The highest BCUT2D eigenvalue weighted by molar-refractivity contribution is 5.79. The van der Waals surface area contributed by atoms with Gasteiger partial charge >= 0.3 is 0 Å². The van der Waals surface area contributed by atoms with E-state index in [9.17, 15) is 9.90 Å². The number of hydrogen-bond acceptors (Lipinski definition) is 3. The second-order valence-electron chi connectivity index (χ2n) is 5.40. The molecule has 1 rings (SSSR count). The van der Waals surface area contributed by atoms with E-state index in [-0.39, 0.29) is 11.8 Å². The third-order valence-electron chi connectivity index (χ3n) is 3.65. The lowest BCUT2D eigenvalue weighted by Crippen LogP contribution is -2.40. The maximum atomic E-state index is 12.2. The van der Waals surface area contributed by atoms with Gasteiger partial charge in [-0.05, 0) is 32.6 Å². The maximum Gasteiger partial charge on any atom is 0.226 e. The van der Waals surface area contributed by atoms with Crippen molar-refractivity contribution >= 4 is 5.91 Å². The standard InChI is InChI=1S/C13H26N2O2/c1-3-5-11(10-14)12(16)15-8-4-6-13(2,17)7-9-15/h11,17H,3-10,14H2,1-2H3. The fourth-order valence-electron chi connectivity index (χ4n) is 2.43. The predicted molar refractivity (Wildman–Crippen MR) is 68.5 cm³/mol. The third kappa shape index (κ3) is 4.28. The molecule has 0 aromatic heterocycles. The van der Waals surface area contributed by atoms with Crippen LogP contribution < -0.4 is 5.73 Å². The SMILES string of the molecule is CCCC(CN)C(=O)N1CCCC(C)(O)CC1. The summed E-state index contributed by atoms with van der Waals surface area (Å²) in [6, 6.07) is 0. The normalized spacial score (nSPS) is 27.6. The number of hydrogen-bond donors (Lipinski definition) is 2. The Morgan fingerprint density at radius 2 is 2.18 bits per heavy atom. The zero-order valence-electron chi connectivity index (χ0n) is 11.1. The van der Waals surface area contributed by atoms with Gasteiger partial charge in [-0.1, -0.05) is 13.3 Å². The van der Waals surface area contributed by atoms with Crippen molar-refractivity contribution in [3.63, 3.8) is 0 Å². The zero-order valence-corrected chi connectivity index (χ0v) is 11.1. The molecule has 0 radical (unpaired) electrons. The van der Waals surface area contributed by atoms with Crippen molar-refractivity contribution in [3.8, 4) is 0 Å². The molecule has 4 nitrogen and oxygen atoms in total. The van der Waals surface area contributed by atoms with Gasteiger partial charge in [-0.15, -0.1) is 0 Å². The number of rotatable bonds is 4. The molecule has 0 saturated carbocycles. The van der Waals surface area contributed by atoms with Crippen LogP contribution in [0.3, 0.4) is 0 Å². The van der Waals surface area contributed by atoms with E-state index in [4.69, 9.17) is 5.73 Å². The molecule has 1 aliphatic rings. The van der Waals surface area contributed by atoms with E-state index in [0.29, 0.717) is 19.5 Å². The van der Waals surface area contributed by atoms with Crippen LogP contribution in [0, 0.1) is 5.92 Å². The molecule has 0 aromatic rings. The smallest absolute Gasteiger partial charge is 0.226 e. The van der Waals surface area contributed by atoms with Crippen molar-refractivity contribution < 1.29 is 9.90 Å². The predicted octanol–water partition coefficient (Wildman–Crippen LogP) is 1.12. The number of carbonyl (C=O) groups excluding carboxylic acids is 1. The van der Waals surface area contributed by atoms with Crippen LogP contribution in [0.5, 0.6) is 0 Å². The number of carbonyl (C=O) groups is 1. The average Bonchev–Trinajstić information content (AvgIpc) is 2.46. The maximum absolute atomic E-state index is 12.2. The van der Waals surface area contributed by atoms with Crippen molar-refractivity contribution in [3.05, 3.63) is 0 Å². The molecule has 1 heterocycles. The molecule has 1 fully saturated rings. The lowest BCUT2D eigenvalue weighted by molar-refractivity contribution is -0.135. The summed E-state index contributed by atoms with van der Waals surface area (Å²) in [6.07, 6.45) is 4.17. The first-order chi connectivity index (χ1) is 8.00. The van der Waals surface area contributed by atoms with Gasteiger partial charge in [0, 0.05) is 19.6 Å². The van der Waals surface area contributed by atoms with E-state index < -0.39 is 5.60 Å². The van der Waals surface area contributed by atoms with E-state index in [2.05, 4.69) is 6.92 Å². The minimum Gasteiger partial charge on any atom is -0.390 e. The van der Waals surface area contributed by atoms with Gasteiger partial charge in [-0.25, -0.2) is 0 Å². The zero-order chi connectivity index (χ0) is 12.9. The van der Waals surface area contributed by atoms with Crippen LogP contribution >= 0.6 is 0 Å². The Balaban J connectivity index is 2.57. The summed E-state index contributed by atoms with van der Waals surface area (Å²) in [5.41, 5.74) is 5.05. The Hall–Kier alpha value is -0.610. The summed E-state index contributed by atoms with van der Waals surface area (Å²) in [5, 5.41) is 9.99. The molecule has 0 aromatic carbocycles. The lowest BCUT2D eigenvalue weighted by atomic mass is 9.98. The second kappa shape index (κ2) is 6.36. The van der Waals surface area contributed by atoms with Crippen LogP contribution in [0.2, 0.25) is 0 Å². The number of aliphatic hydroxyl groups is 1. The first-order valence-corrected chi connectivity index (χ1v) is 6.71. The van der Waals surface area contributed by atoms with Crippen LogP contribution in [0.15, 0.2) is 0 Å². The molecule has 0 spiro atoms. The minimum atomic E-state index is -0.613. The minimum absolute atomic E-state index is 0.0388. The summed E-state index contributed by atoms with van der Waals surface area (Å²) < 4.78 is 0. The van der Waals surface area contributed by atoms with E-state index in [1.807, 2.05) is 11.8 Å². The summed E-state index contributed by atoms with van der Waals surface area (Å²) >= 11 is 0. The van der Waals surface area contributed by atoms with E-state index in [1.54, 1.807) is 0 Å². The molecule has 1 amide bonds. The number of amides is 1. The molecule has 1 aliphatic heterocycles. The van der Waals surface area contributed by atoms with Crippen molar-refractivity contribution in [1.29, 1.82) is 0 Å². The molecule has 0 bridgehead atoms. The molecule has 100 valence electrons. The molecular weight excluding hydrogens is 216 g/mol. The first-order valence-electron chi connectivity index (χ1n) is 6.71. The molecule has 4 heteroatoms. The van der Waals surface area contributed by atoms with Crippen LogP contribution in [-0.4, -0.2) is 41.1 Å². The Kier molecular flexibility index (Phi) is 5.40. The van der Waals surface area contributed by atoms with Gasteiger partial charge in [0.05, 0.1) is 11.5 Å². The van der Waals surface area contributed by atoms with E-state index in [1.165, 1.54) is 0 Å². The Labute approximate surface area is 104 Å². The highest BCUT2D eigenvalue weighted by atomic mass is 16.3. The van der Waals surface area contributed by atoms with Crippen LogP contribution in [0.1, 0.15) is 46.0 Å². The summed E-state index contributed by atoms with van der Waals surface area (Å²) in [7, 11) is 0. The topological polar surface area (TPSA) is 66.6 Å². The third-order valence-corrected chi connectivity index (χ3v) is 3.65. The number of nitrogens with zero attached hydrogens (tertiary/aromatic N) is 1. The van der Waals surface area contributed by atoms with Crippen molar-refractivity contribution in [2.24, 2.45) is 11.7 Å². The largest absolute Gasteiger partial charge is 0.390 e. The Bertz CT molecular complexity index is 254. The van der Waals surface area contributed by atoms with Gasteiger partial charge in [-0.3, -0.25) is 4.79 Å². The highest BCUT2D eigenvalue weighted by Crippen LogP contribution is 2.22. The highest BCUT2D eigenvalue weighted by Gasteiger charge is 2.29. The van der Waals surface area contributed by atoms with Crippen molar-refractivity contribution in [1.82, 2.24) is 4.90 Å². The molecule has 3 N–H and O–H groups in total. The monoisotopic (exact) mass is 242 g/mol. The second-order valence-corrected chi connectivity index (χ2v) is 5.40. The first kappa shape index (κ1) is 14.5. The summed E-state index contributed by atoms with van der Waals surface area (Å²) in [5.74, 6) is 0.134. The Morgan fingerprint density at radius 1 is 1.47 bits per heavy atom. The van der Waals surface area contributed by atoms with E-state index in [0.717, 1.165) is 32.2 Å². The van der Waals surface area contributed by atoms with Crippen LogP contribution in [-0.2, 0) is 4.79 Å². The van der Waals surface area contributed by atoms with Gasteiger partial charge in [0.1, 0.15) is 0 Å². The lowest BCUT2D eigenvalue weighted by Gasteiger charge is -2.26. The summed E-state index contributed by atoms with van der Waals surface area (Å²) in [6.45, 7) is 5.78. The van der Waals surface area contributed by atoms with Gasteiger partial charge in [0.25, 0.3) is 0 Å². The Morgan fingerprint density at radius 3 is 2.76 bits per heavy atom. The molecule has 2 unspecified atom stereocenters. The van der Waals surface area contributed by atoms with Crippen molar-refractivity contribution in [2.75, 3.05) is 19.6 Å². The van der Waals surface area contributed by atoms with Crippen molar-refractivity contribution in [2.45, 2.75) is 51.6 Å².